The van der Waals surface area contributed by atoms with Gasteiger partial charge in [-0.1, -0.05) is 26.0 Å². The molecule has 0 aliphatic heterocycles. The average molecular weight is 330 g/mol. The molecule has 0 amide bonds. The number of ether oxygens (including phenoxy) is 1. The van der Waals surface area contributed by atoms with Crippen LogP contribution in [0.2, 0.25) is 0 Å². The molecule has 0 spiro atoms. The Hall–Kier alpha value is -1.51. The lowest BCUT2D eigenvalue weighted by Gasteiger charge is -2.28. The molecule has 0 aromatic heterocycles. The van der Waals surface area contributed by atoms with Crippen molar-refractivity contribution >= 4 is 5.97 Å². The highest BCUT2D eigenvalue weighted by molar-refractivity contribution is 5.69. The summed E-state index contributed by atoms with van der Waals surface area (Å²) < 4.78 is 5.06. The van der Waals surface area contributed by atoms with E-state index in [1.54, 1.807) is 0 Å². The van der Waals surface area contributed by atoms with Crippen molar-refractivity contribution in [3.05, 3.63) is 29.3 Å². The van der Waals surface area contributed by atoms with Gasteiger partial charge in [0, 0.05) is 6.42 Å². The number of aromatic hydroxyl groups is 1. The van der Waals surface area contributed by atoms with Crippen LogP contribution < -0.4 is 0 Å². The van der Waals surface area contributed by atoms with E-state index >= 15 is 0 Å². The Kier molecular flexibility index (Phi) is 5.17. The number of hydrogen-bond donors (Lipinski definition) is 1. The molecular weight excluding hydrogens is 300 g/mol. The second-order valence-corrected chi connectivity index (χ2v) is 7.91. The van der Waals surface area contributed by atoms with Crippen molar-refractivity contribution < 1.29 is 14.6 Å². The fourth-order valence-corrected chi connectivity index (χ4v) is 4.96. The van der Waals surface area contributed by atoms with Gasteiger partial charge in [-0.25, -0.2) is 0 Å². The first-order valence-electron chi connectivity index (χ1n) is 9.48. The Labute approximate surface area is 145 Å². The van der Waals surface area contributed by atoms with Crippen LogP contribution >= 0.6 is 0 Å². The second kappa shape index (κ2) is 7.16. The van der Waals surface area contributed by atoms with Crippen LogP contribution in [0, 0.1) is 17.8 Å². The van der Waals surface area contributed by atoms with Crippen LogP contribution in [-0.2, 0) is 9.53 Å². The van der Waals surface area contributed by atoms with Crippen molar-refractivity contribution in [2.24, 2.45) is 17.8 Å². The third kappa shape index (κ3) is 3.45. The van der Waals surface area contributed by atoms with Gasteiger partial charge in [0.2, 0.25) is 0 Å². The van der Waals surface area contributed by atoms with Gasteiger partial charge in [0.1, 0.15) is 5.75 Å². The minimum absolute atomic E-state index is 0.0445. The highest BCUT2D eigenvalue weighted by Crippen LogP contribution is 2.57. The quantitative estimate of drug-likeness (QED) is 0.748. The molecule has 2 bridgehead atoms. The van der Waals surface area contributed by atoms with Gasteiger partial charge >= 0.3 is 5.97 Å². The number of carbonyl (C=O) groups is 1. The molecular formula is C21H30O3. The van der Waals surface area contributed by atoms with Gasteiger partial charge in [0.25, 0.3) is 0 Å². The first-order chi connectivity index (χ1) is 11.5. The van der Waals surface area contributed by atoms with Gasteiger partial charge in [-0.3, -0.25) is 4.79 Å². The Bertz CT molecular complexity index is 593. The lowest BCUT2D eigenvalue weighted by atomic mass is 9.76. The summed E-state index contributed by atoms with van der Waals surface area (Å²) in [6.45, 7) is 6.61. The van der Waals surface area contributed by atoms with Gasteiger partial charge in [0.15, 0.2) is 0 Å². The third-order valence-corrected chi connectivity index (χ3v) is 6.13. The fourth-order valence-electron chi connectivity index (χ4n) is 4.96. The zero-order valence-corrected chi connectivity index (χ0v) is 15.1. The monoisotopic (exact) mass is 330 g/mol. The molecule has 0 saturated heterocycles. The van der Waals surface area contributed by atoms with E-state index in [9.17, 15) is 9.90 Å². The minimum atomic E-state index is -0.0445. The molecule has 24 heavy (non-hydrogen) atoms. The summed E-state index contributed by atoms with van der Waals surface area (Å²) in [7, 11) is 0. The molecule has 2 aliphatic rings. The van der Waals surface area contributed by atoms with E-state index in [0.717, 1.165) is 23.8 Å². The molecule has 0 radical (unpaired) electrons. The van der Waals surface area contributed by atoms with Crippen LogP contribution in [0.3, 0.4) is 0 Å². The fraction of sp³-hybridized carbons (Fsp3) is 0.667. The molecule has 3 heteroatoms. The molecule has 2 fully saturated rings. The number of rotatable bonds is 6. The predicted octanol–water partition coefficient (Wildman–Crippen LogP) is 4.99. The number of fused-ring (bicyclic) bond motifs is 2. The number of benzene rings is 1. The maximum Gasteiger partial charge on any atom is 0.305 e. The molecule has 1 N–H and O–H groups in total. The normalized spacial score (nSPS) is 28.5. The Morgan fingerprint density at radius 3 is 2.67 bits per heavy atom. The highest BCUT2D eigenvalue weighted by Gasteiger charge is 2.46. The standard InChI is InChI=1S/C21H30O3/c1-4-24-21(23)8-6-14-9-17-10-16(14)12-19(17)15-5-7-20(22)18(11-15)13(2)3/h5,7,11,13-14,16-17,19,22H,4,6,8-10,12H2,1-3H3. The predicted molar refractivity (Wildman–Crippen MR) is 95.1 cm³/mol. The molecule has 2 aliphatic carbocycles. The lowest BCUT2D eigenvalue weighted by molar-refractivity contribution is -0.143. The summed E-state index contributed by atoms with van der Waals surface area (Å²) in [6, 6.07) is 6.20. The van der Waals surface area contributed by atoms with Crippen molar-refractivity contribution in [1.29, 1.82) is 0 Å². The summed E-state index contributed by atoms with van der Waals surface area (Å²) >= 11 is 0. The molecule has 0 heterocycles. The van der Waals surface area contributed by atoms with E-state index in [1.807, 2.05) is 13.0 Å². The van der Waals surface area contributed by atoms with E-state index in [-0.39, 0.29) is 5.97 Å². The van der Waals surface area contributed by atoms with E-state index in [2.05, 4.69) is 26.0 Å². The summed E-state index contributed by atoms with van der Waals surface area (Å²) in [6.07, 6.45) is 5.34. The van der Waals surface area contributed by atoms with Gasteiger partial charge in [-0.05, 0) is 79.4 Å². The number of esters is 1. The van der Waals surface area contributed by atoms with Crippen molar-refractivity contribution in [3.8, 4) is 5.75 Å². The average Bonchev–Trinajstić information content (AvgIpc) is 3.13. The van der Waals surface area contributed by atoms with E-state index < -0.39 is 0 Å². The van der Waals surface area contributed by atoms with Gasteiger partial charge < -0.3 is 9.84 Å². The Morgan fingerprint density at radius 1 is 1.25 bits per heavy atom. The highest BCUT2D eigenvalue weighted by atomic mass is 16.5. The SMILES string of the molecule is CCOC(=O)CCC1CC2CC1CC2c1ccc(O)c(C(C)C)c1. The second-order valence-electron chi connectivity index (χ2n) is 7.91. The molecule has 1 aromatic rings. The third-order valence-electron chi connectivity index (χ3n) is 6.13. The van der Waals surface area contributed by atoms with Gasteiger partial charge in [-0.2, -0.15) is 0 Å². The maximum absolute atomic E-state index is 11.6. The molecule has 1 aromatic carbocycles. The summed E-state index contributed by atoms with van der Waals surface area (Å²) in [4.78, 5) is 11.6. The Morgan fingerprint density at radius 2 is 2.04 bits per heavy atom. The van der Waals surface area contributed by atoms with Gasteiger partial charge in [-0.15, -0.1) is 0 Å². The largest absolute Gasteiger partial charge is 0.508 e. The van der Waals surface area contributed by atoms with Crippen molar-refractivity contribution in [2.75, 3.05) is 6.61 Å². The van der Waals surface area contributed by atoms with E-state index in [1.165, 1.54) is 24.8 Å². The zero-order chi connectivity index (χ0) is 17.3. The Balaban J connectivity index is 1.61. The van der Waals surface area contributed by atoms with Crippen LogP contribution in [0.4, 0.5) is 0 Å². The zero-order valence-electron chi connectivity index (χ0n) is 15.1. The van der Waals surface area contributed by atoms with Crippen molar-refractivity contribution in [3.63, 3.8) is 0 Å². The lowest BCUT2D eigenvalue weighted by Crippen LogP contribution is -2.18. The van der Waals surface area contributed by atoms with Gasteiger partial charge in [0.05, 0.1) is 6.61 Å². The first kappa shape index (κ1) is 17.3. The number of phenolic OH excluding ortho intramolecular Hbond substituents is 1. The molecule has 4 unspecified atom stereocenters. The smallest absolute Gasteiger partial charge is 0.305 e. The van der Waals surface area contributed by atoms with Crippen LogP contribution in [0.1, 0.15) is 75.8 Å². The first-order valence-corrected chi connectivity index (χ1v) is 9.48. The molecule has 4 atom stereocenters. The van der Waals surface area contributed by atoms with Crippen LogP contribution in [0.15, 0.2) is 18.2 Å². The summed E-state index contributed by atoms with van der Waals surface area (Å²) in [5.41, 5.74) is 2.46. The summed E-state index contributed by atoms with van der Waals surface area (Å²) in [5, 5.41) is 10.0. The van der Waals surface area contributed by atoms with Crippen LogP contribution in [0.5, 0.6) is 5.75 Å². The van der Waals surface area contributed by atoms with E-state index in [4.69, 9.17) is 4.74 Å². The molecule has 132 valence electrons. The van der Waals surface area contributed by atoms with Crippen LogP contribution in [0.25, 0.3) is 0 Å². The van der Waals surface area contributed by atoms with Crippen molar-refractivity contribution in [1.82, 2.24) is 0 Å². The topological polar surface area (TPSA) is 46.5 Å². The molecule has 2 saturated carbocycles. The van der Waals surface area contributed by atoms with Crippen LogP contribution in [-0.4, -0.2) is 17.7 Å². The summed E-state index contributed by atoms with van der Waals surface area (Å²) in [5.74, 6) is 3.55. The van der Waals surface area contributed by atoms with Crippen molar-refractivity contribution in [2.45, 2.75) is 64.7 Å². The molecule has 3 nitrogen and oxygen atoms in total. The molecule has 3 rings (SSSR count). The minimum Gasteiger partial charge on any atom is -0.508 e. The van der Waals surface area contributed by atoms with E-state index in [0.29, 0.717) is 36.5 Å². The number of phenols is 1. The number of carbonyl (C=O) groups excluding carboxylic acids is 1. The number of hydrogen-bond acceptors (Lipinski definition) is 3. The maximum atomic E-state index is 11.6.